The lowest BCUT2D eigenvalue weighted by molar-refractivity contribution is -0.139. The van der Waals surface area contributed by atoms with Gasteiger partial charge in [0.05, 0.1) is 12.5 Å². The molecule has 0 aliphatic carbocycles. The summed E-state index contributed by atoms with van der Waals surface area (Å²) in [5.74, 6) is -0.959. The third-order valence-corrected chi connectivity index (χ3v) is 4.01. The van der Waals surface area contributed by atoms with Crippen molar-refractivity contribution in [3.63, 3.8) is 0 Å². The van der Waals surface area contributed by atoms with E-state index < -0.39 is 5.97 Å². The second-order valence-electron chi connectivity index (χ2n) is 5.25. The Bertz CT molecular complexity index is 489. The number of nitrogens with zero attached hydrogens (tertiary/aromatic N) is 2. The molecule has 20 heavy (non-hydrogen) atoms. The summed E-state index contributed by atoms with van der Waals surface area (Å²) in [5, 5.41) is 9.08. The molecule has 0 saturated carbocycles. The SMILES string of the molecule is C[C@H]1[C@@H](CC(=O)O)N(C(=O)c2ccccc2)CCN1C. The molecule has 5 heteroatoms. The van der Waals surface area contributed by atoms with E-state index >= 15 is 0 Å². The zero-order chi connectivity index (χ0) is 14.7. The van der Waals surface area contributed by atoms with Crippen LogP contribution in [0.25, 0.3) is 0 Å². The van der Waals surface area contributed by atoms with Gasteiger partial charge < -0.3 is 10.0 Å². The van der Waals surface area contributed by atoms with Gasteiger partial charge in [-0.3, -0.25) is 14.5 Å². The molecule has 0 radical (unpaired) electrons. The van der Waals surface area contributed by atoms with E-state index in [1.165, 1.54) is 0 Å². The molecule has 1 aromatic rings. The van der Waals surface area contributed by atoms with Crippen molar-refractivity contribution >= 4 is 11.9 Å². The summed E-state index contributed by atoms with van der Waals surface area (Å²) in [4.78, 5) is 27.4. The van der Waals surface area contributed by atoms with E-state index in [1.807, 2.05) is 32.2 Å². The minimum Gasteiger partial charge on any atom is -0.481 e. The molecule has 108 valence electrons. The summed E-state index contributed by atoms with van der Waals surface area (Å²) >= 11 is 0. The van der Waals surface area contributed by atoms with Gasteiger partial charge in [0.2, 0.25) is 0 Å². The molecule has 1 aliphatic rings. The average molecular weight is 276 g/mol. The minimum absolute atomic E-state index is 0.0237. The molecule has 1 N–H and O–H groups in total. The van der Waals surface area contributed by atoms with Gasteiger partial charge in [0.15, 0.2) is 0 Å². The number of hydrogen-bond donors (Lipinski definition) is 1. The molecule has 1 aromatic carbocycles. The molecule has 1 heterocycles. The fourth-order valence-electron chi connectivity index (χ4n) is 2.65. The Kier molecular flexibility index (Phi) is 4.39. The maximum Gasteiger partial charge on any atom is 0.305 e. The van der Waals surface area contributed by atoms with E-state index in [2.05, 4.69) is 4.90 Å². The first-order valence-electron chi connectivity index (χ1n) is 6.78. The highest BCUT2D eigenvalue weighted by molar-refractivity contribution is 5.94. The van der Waals surface area contributed by atoms with Crippen LogP contribution in [0.4, 0.5) is 0 Å². The molecule has 1 fully saturated rings. The van der Waals surface area contributed by atoms with Crippen molar-refractivity contribution in [2.75, 3.05) is 20.1 Å². The predicted octanol–water partition coefficient (Wildman–Crippen LogP) is 1.31. The number of carbonyl (C=O) groups excluding carboxylic acids is 1. The van der Waals surface area contributed by atoms with Crippen LogP contribution in [-0.2, 0) is 4.79 Å². The smallest absolute Gasteiger partial charge is 0.305 e. The summed E-state index contributed by atoms with van der Waals surface area (Å²) in [6, 6.07) is 8.77. The van der Waals surface area contributed by atoms with Gasteiger partial charge in [0.1, 0.15) is 0 Å². The monoisotopic (exact) mass is 276 g/mol. The van der Waals surface area contributed by atoms with Crippen LogP contribution in [0.15, 0.2) is 30.3 Å². The second kappa shape index (κ2) is 6.05. The van der Waals surface area contributed by atoms with Crippen molar-refractivity contribution in [3.05, 3.63) is 35.9 Å². The van der Waals surface area contributed by atoms with Crippen LogP contribution in [0.3, 0.4) is 0 Å². The van der Waals surface area contributed by atoms with E-state index in [1.54, 1.807) is 17.0 Å². The molecule has 0 bridgehead atoms. The Morgan fingerprint density at radius 1 is 1.25 bits per heavy atom. The molecule has 0 unspecified atom stereocenters. The third kappa shape index (κ3) is 2.99. The number of rotatable bonds is 3. The van der Waals surface area contributed by atoms with Crippen molar-refractivity contribution in [2.45, 2.75) is 25.4 Å². The lowest BCUT2D eigenvalue weighted by Gasteiger charge is -2.44. The van der Waals surface area contributed by atoms with E-state index in [-0.39, 0.29) is 24.4 Å². The fraction of sp³-hybridized carbons (Fsp3) is 0.467. The molecule has 2 rings (SSSR count). The molecular weight excluding hydrogens is 256 g/mol. The molecule has 2 atom stereocenters. The highest BCUT2D eigenvalue weighted by atomic mass is 16.4. The number of hydrogen-bond acceptors (Lipinski definition) is 3. The molecule has 1 saturated heterocycles. The van der Waals surface area contributed by atoms with Gasteiger partial charge in [-0.2, -0.15) is 0 Å². The number of benzene rings is 1. The van der Waals surface area contributed by atoms with E-state index in [9.17, 15) is 9.59 Å². The number of aliphatic carboxylic acids is 1. The van der Waals surface area contributed by atoms with Crippen LogP contribution in [0, 0.1) is 0 Å². The summed E-state index contributed by atoms with van der Waals surface area (Å²) < 4.78 is 0. The number of piperazine rings is 1. The zero-order valence-electron chi connectivity index (χ0n) is 11.8. The maximum absolute atomic E-state index is 12.6. The van der Waals surface area contributed by atoms with Gasteiger partial charge in [-0.15, -0.1) is 0 Å². The van der Waals surface area contributed by atoms with Crippen molar-refractivity contribution in [1.82, 2.24) is 9.80 Å². The van der Waals surface area contributed by atoms with Gasteiger partial charge in [0.25, 0.3) is 5.91 Å². The van der Waals surface area contributed by atoms with Crippen molar-refractivity contribution in [3.8, 4) is 0 Å². The summed E-state index contributed by atoms with van der Waals surface area (Å²) in [6.45, 7) is 3.29. The van der Waals surface area contributed by atoms with E-state index in [0.717, 1.165) is 6.54 Å². The standard InChI is InChI=1S/C15H20N2O3/c1-11-13(10-14(18)19)17(9-8-16(11)2)15(20)12-6-4-3-5-7-12/h3-7,11,13H,8-10H2,1-2H3,(H,18,19)/t11-,13+/m0/s1. The zero-order valence-corrected chi connectivity index (χ0v) is 11.8. The molecule has 1 aliphatic heterocycles. The predicted molar refractivity (Wildman–Crippen MR) is 75.6 cm³/mol. The average Bonchev–Trinajstić information content (AvgIpc) is 2.44. The van der Waals surface area contributed by atoms with Gasteiger partial charge in [-0.25, -0.2) is 0 Å². The number of likely N-dealkylation sites (N-methyl/N-ethyl adjacent to an activating group) is 1. The molecule has 0 aromatic heterocycles. The van der Waals surface area contributed by atoms with E-state index in [4.69, 9.17) is 5.11 Å². The molecule has 0 spiro atoms. The van der Waals surface area contributed by atoms with Crippen molar-refractivity contribution < 1.29 is 14.7 Å². The second-order valence-corrected chi connectivity index (χ2v) is 5.25. The summed E-state index contributed by atoms with van der Waals surface area (Å²) in [6.07, 6.45) is -0.0237. The first-order chi connectivity index (χ1) is 9.50. The van der Waals surface area contributed by atoms with Crippen LogP contribution in [-0.4, -0.2) is 59.0 Å². The van der Waals surface area contributed by atoms with Crippen LogP contribution < -0.4 is 0 Å². The van der Waals surface area contributed by atoms with Gasteiger partial charge in [0, 0.05) is 24.7 Å². The van der Waals surface area contributed by atoms with E-state index in [0.29, 0.717) is 12.1 Å². The Labute approximate surface area is 118 Å². The number of amides is 1. The number of carboxylic acids is 1. The Hall–Kier alpha value is -1.88. The highest BCUT2D eigenvalue weighted by Gasteiger charge is 2.36. The highest BCUT2D eigenvalue weighted by Crippen LogP contribution is 2.21. The fourth-order valence-corrected chi connectivity index (χ4v) is 2.65. The Morgan fingerprint density at radius 2 is 1.90 bits per heavy atom. The summed E-state index contributed by atoms with van der Waals surface area (Å²) in [5.41, 5.74) is 0.611. The number of carboxylic acid groups (broad SMARTS) is 1. The lowest BCUT2D eigenvalue weighted by Crippen LogP contribution is -2.59. The van der Waals surface area contributed by atoms with Crippen LogP contribution in [0.2, 0.25) is 0 Å². The maximum atomic E-state index is 12.6. The molecule has 1 amide bonds. The van der Waals surface area contributed by atoms with Gasteiger partial charge >= 0.3 is 5.97 Å². The molecular formula is C15H20N2O3. The normalized spacial score (nSPS) is 23.6. The van der Waals surface area contributed by atoms with Crippen LogP contribution >= 0.6 is 0 Å². The molecule has 5 nitrogen and oxygen atoms in total. The summed E-state index contributed by atoms with van der Waals surface area (Å²) in [7, 11) is 1.96. The topological polar surface area (TPSA) is 60.9 Å². The Morgan fingerprint density at radius 3 is 2.50 bits per heavy atom. The van der Waals surface area contributed by atoms with Gasteiger partial charge in [-0.05, 0) is 26.1 Å². The quantitative estimate of drug-likeness (QED) is 0.904. The number of carbonyl (C=O) groups is 2. The van der Waals surface area contributed by atoms with Gasteiger partial charge in [-0.1, -0.05) is 18.2 Å². The lowest BCUT2D eigenvalue weighted by atomic mass is 9.99. The van der Waals surface area contributed by atoms with Crippen molar-refractivity contribution in [2.24, 2.45) is 0 Å². The third-order valence-electron chi connectivity index (χ3n) is 4.01. The van der Waals surface area contributed by atoms with Crippen LogP contribution in [0.5, 0.6) is 0 Å². The minimum atomic E-state index is -0.872. The largest absolute Gasteiger partial charge is 0.481 e. The van der Waals surface area contributed by atoms with Crippen LogP contribution in [0.1, 0.15) is 23.7 Å². The Balaban J connectivity index is 2.23. The first-order valence-corrected chi connectivity index (χ1v) is 6.78. The van der Waals surface area contributed by atoms with Crippen molar-refractivity contribution in [1.29, 1.82) is 0 Å². The first kappa shape index (κ1) is 14.5.